The highest BCUT2D eigenvalue weighted by Crippen LogP contribution is 2.26. The number of hydrogen-bond acceptors (Lipinski definition) is 4. The summed E-state index contributed by atoms with van der Waals surface area (Å²) in [5, 5.41) is 0. The third-order valence-corrected chi connectivity index (χ3v) is 3.86. The highest BCUT2D eigenvalue weighted by atomic mass is 19.1. The largest absolute Gasteiger partial charge is 0.370 e. The highest BCUT2D eigenvalue weighted by Gasteiger charge is 2.32. The summed E-state index contributed by atoms with van der Waals surface area (Å²) in [6, 6.07) is 3.42. The van der Waals surface area contributed by atoms with Gasteiger partial charge in [0.25, 0.3) is 0 Å². The Morgan fingerprint density at radius 2 is 2.05 bits per heavy atom. The van der Waals surface area contributed by atoms with Gasteiger partial charge in [-0.15, -0.1) is 0 Å². The van der Waals surface area contributed by atoms with E-state index in [0.717, 1.165) is 6.07 Å². The van der Waals surface area contributed by atoms with Crippen molar-refractivity contribution in [2.75, 3.05) is 32.8 Å². The maximum Gasteiger partial charge on any atom is 0.228 e. The number of hydrazine groups is 1. The van der Waals surface area contributed by atoms with Crippen LogP contribution in [0.3, 0.4) is 0 Å². The van der Waals surface area contributed by atoms with Crippen molar-refractivity contribution in [1.82, 2.24) is 15.8 Å². The van der Waals surface area contributed by atoms with Gasteiger partial charge in [-0.25, -0.2) is 8.78 Å². The van der Waals surface area contributed by atoms with Gasteiger partial charge in [-0.05, 0) is 6.07 Å². The summed E-state index contributed by atoms with van der Waals surface area (Å²) in [6.07, 6.45) is -0.550. The summed E-state index contributed by atoms with van der Waals surface area (Å²) >= 11 is 0. The molecular weight excluding hydrogens is 280 g/mol. The molecule has 3 rings (SSSR count). The summed E-state index contributed by atoms with van der Waals surface area (Å²) in [5.41, 5.74) is 6.13. The molecule has 1 unspecified atom stereocenters. The van der Waals surface area contributed by atoms with Crippen LogP contribution in [0.2, 0.25) is 0 Å². The van der Waals surface area contributed by atoms with Gasteiger partial charge in [-0.1, -0.05) is 6.07 Å². The van der Waals surface area contributed by atoms with Gasteiger partial charge in [0.05, 0.1) is 19.1 Å². The summed E-state index contributed by atoms with van der Waals surface area (Å²) in [4.78, 5) is 14.0. The molecule has 2 aliphatic heterocycles. The van der Waals surface area contributed by atoms with Crippen molar-refractivity contribution < 1.29 is 18.3 Å². The Balaban J connectivity index is 1.71. The number of ether oxygens (including phenoxy) is 1. The first kappa shape index (κ1) is 14.4. The van der Waals surface area contributed by atoms with Gasteiger partial charge in [-0.3, -0.25) is 15.6 Å². The molecule has 2 saturated heterocycles. The second-order valence-electron chi connectivity index (χ2n) is 5.27. The number of nitrogens with one attached hydrogen (secondary N) is 2. The molecule has 0 bridgehead atoms. The summed E-state index contributed by atoms with van der Waals surface area (Å²) in [7, 11) is 0. The molecule has 2 heterocycles. The van der Waals surface area contributed by atoms with E-state index in [0.29, 0.717) is 26.2 Å². The summed E-state index contributed by atoms with van der Waals surface area (Å²) in [5.74, 6) is -1.34. The Morgan fingerprint density at radius 1 is 1.29 bits per heavy atom. The molecule has 1 aromatic rings. The lowest BCUT2D eigenvalue weighted by molar-refractivity contribution is -0.142. The lowest BCUT2D eigenvalue weighted by Crippen LogP contribution is -2.46. The normalized spacial score (nSPS) is 23.5. The molecule has 2 aliphatic rings. The van der Waals surface area contributed by atoms with Crippen LogP contribution in [0.1, 0.15) is 11.7 Å². The number of carbonyl (C=O) groups excluding carboxylic acids is 1. The first-order valence-corrected chi connectivity index (χ1v) is 6.96. The van der Waals surface area contributed by atoms with Crippen LogP contribution < -0.4 is 10.9 Å². The van der Waals surface area contributed by atoms with Crippen molar-refractivity contribution >= 4 is 5.91 Å². The topological polar surface area (TPSA) is 53.6 Å². The Labute approximate surface area is 121 Å². The predicted octanol–water partition coefficient (Wildman–Crippen LogP) is 0.589. The minimum Gasteiger partial charge on any atom is -0.370 e. The van der Waals surface area contributed by atoms with Gasteiger partial charge in [0.1, 0.15) is 17.7 Å². The molecule has 0 radical (unpaired) electrons. The van der Waals surface area contributed by atoms with E-state index in [1.54, 1.807) is 4.90 Å². The number of hydrogen-bond donors (Lipinski definition) is 2. The molecular formula is C14H17F2N3O2. The fourth-order valence-electron chi connectivity index (χ4n) is 2.70. The van der Waals surface area contributed by atoms with Crippen molar-refractivity contribution in [2.45, 2.75) is 6.10 Å². The molecule has 7 heteroatoms. The zero-order valence-corrected chi connectivity index (χ0v) is 11.4. The maximum atomic E-state index is 13.8. The van der Waals surface area contributed by atoms with Gasteiger partial charge in [-0.2, -0.15) is 0 Å². The average molecular weight is 297 g/mol. The molecule has 1 amide bonds. The van der Waals surface area contributed by atoms with Gasteiger partial charge in [0.15, 0.2) is 0 Å². The smallest absolute Gasteiger partial charge is 0.228 e. The molecule has 0 aliphatic carbocycles. The Hall–Kier alpha value is -1.57. The van der Waals surface area contributed by atoms with Crippen LogP contribution in [0.5, 0.6) is 0 Å². The number of halogens is 2. The molecule has 0 spiro atoms. The van der Waals surface area contributed by atoms with Crippen molar-refractivity contribution in [1.29, 1.82) is 0 Å². The molecule has 0 saturated carbocycles. The van der Waals surface area contributed by atoms with Crippen LogP contribution in [0, 0.1) is 17.6 Å². The zero-order chi connectivity index (χ0) is 14.8. The molecule has 5 nitrogen and oxygen atoms in total. The molecule has 1 atom stereocenters. The van der Waals surface area contributed by atoms with Crippen LogP contribution in [0.25, 0.3) is 0 Å². The average Bonchev–Trinajstić information content (AvgIpc) is 3.01. The van der Waals surface area contributed by atoms with E-state index in [1.165, 1.54) is 12.1 Å². The van der Waals surface area contributed by atoms with Crippen LogP contribution in [-0.4, -0.2) is 43.6 Å². The van der Waals surface area contributed by atoms with Crippen LogP contribution in [0.15, 0.2) is 18.2 Å². The Kier molecular flexibility index (Phi) is 4.14. The number of benzene rings is 1. The van der Waals surface area contributed by atoms with Gasteiger partial charge in [0, 0.05) is 31.3 Å². The van der Waals surface area contributed by atoms with E-state index < -0.39 is 17.7 Å². The van der Waals surface area contributed by atoms with E-state index in [9.17, 15) is 13.6 Å². The maximum absolute atomic E-state index is 13.8. The van der Waals surface area contributed by atoms with E-state index in [2.05, 4.69) is 10.9 Å². The van der Waals surface area contributed by atoms with Crippen molar-refractivity contribution in [2.24, 2.45) is 5.92 Å². The van der Waals surface area contributed by atoms with E-state index >= 15 is 0 Å². The standard InChI is InChI=1S/C14H17F2N3O2/c15-10-1-2-11(12(16)5-10)13-8-19(3-4-21-13)14(20)9-6-17-18-7-9/h1-2,5,9,13,17-18H,3-4,6-8H2. The third-order valence-electron chi connectivity index (χ3n) is 3.86. The SMILES string of the molecule is O=C(C1CNNC1)N1CCOC(c2ccc(F)cc2F)C1. The molecule has 2 N–H and O–H groups in total. The fourth-order valence-corrected chi connectivity index (χ4v) is 2.70. The minimum atomic E-state index is -0.640. The lowest BCUT2D eigenvalue weighted by Gasteiger charge is -2.34. The molecule has 1 aromatic carbocycles. The van der Waals surface area contributed by atoms with E-state index in [4.69, 9.17) is 4.74 Å². The number of morpholine rings is 1. The van der Waals surface area contributed by atoms with Crippen molar-refractivity contribution in [3.63, 3.8) is 0 Å². The van der Waals surface area contributed by atoms with Crippen LogP contribution in [-0.2, 0) is 9.53 Å². The number of rotatable bonds is 2. The van der Waals surface area contributed by atoms with E-state index in [1.807, 2.05) is 0 Å². The quantitative estimate of drug-likeness (QED) is 0.839. The molecule has 21 heavy (non-hydrogen) atoms. The second kappa shape index (κ2) is 6.05. The van der Waals surface area contributed by atoms with E-state index in [-0.39, 0.29) is 23.9 Å². The number of nitrogens with zero attached hydrogens (tertiary/aromatic N) is 1. The Bertz CT molecular complexity index is 535. The monoisotopic (exact) mass is 297 g/mol. The van der Waals surface area contributed by atoms with Gasteiger partial charge in [0.2, 0.25) is 5.91 Å². The molecule has 2 fully saturated rings. The number of carbonyl (C=O) groups is 1. The predicted molar refractivity (Wildman–Crippen MR) is 71.1 cm³/mol. The minimum absolute atomic E-state index is 0.0309. The molecule has 0 aromatic heterocycles. The summed E-state index contributed by atoms with van der Waals surface area (Å²) in [6.45, 7) is 2.31. The fraction of sp³-hybridized carbons (Fsp3) is 0.500. The zero-order valence-electron chi connectivity index (χ0n) is 11.4. The first-order valence-electron chi connectivity index (χ1n) is 6.96. The van der Waals surface area contributed by atoms with Gasteiger partial charge >= 0.3 is 0 Å². The van der Waals surface area contributed by atoms with Crippen LogP contribution >= 0.6 is 0 Å². The number of amides is 1. The van der Waals surface area contributed by atoms with Crippen molar-refractivity contribution in [3.05, 3.63) is 35.4 Å². The van der Waals surface area contributed by atoms with Crippen molar-refractivity contribution in [3.8, 4) is 0 Å². The third kappa shape index (κ3) is 3.04. The lowest BCUT2D eigenvalue weighted by atomic mass is 10.0. The highest BCUT2D eigenvalue weighted by molar-refractivity contribution is 5.79. The Morgan fingerprint density at radius 3 is 2.76 bits per heavy atom. The summed E-state index contributed by atoms with van der Waals surface area (Å²) < 4.78 is 32.3. The first-order chi connectivity index (χ1) is 10.1. The molecule has 114 valence electrons. The second-order valence-corrected chi connectivity index (χ2v) is 5.27. The van der Waals surface area contributed by atoms with Crippen LogP contribution in [0.4, 0.5) is 8.78 Å². The van der Waals surface area contributed by atoms with Gasteiger partial charge < -0.3 is 9.64 Å².